The van der Waals surface area contributed by atoms with E-state index in [1.165, 1.54) is 32.1 Å². The van der Waals surface area contributed by atoms with Gasteiger partial charge in [0.1, 0.15) is 11.1 Å². The highest BCUT2D eigenvalue weighted by atomic mass is 35.5. The lowest BCUT2D eigenvalue weighted by molar-refractivity contribution is 0.00544. The first-order valence-corrected chi connectivity index (χ1v) is 7.88. The molecular formula is C13H20ClNOS. The minimum absolute atomic E-state index is 0.197. The Bertz CT molecular complexity index is 336. The molecule has 17 heavy (non-hydrogen) atoms. The standard InChI is InChI=1S/C13H20ClNOS/c1-2-16-12(10-6-4-3-5-7-10)13-15-11(8-14)9-17-13/h9-10,12H,2-8H2,1H3. The zero-order valence-corrected chi connectivity index (χ0v) is 11.9. The largest absolute Gasteiger partial charge is 0.371 e. The van der Waals surface area contributed by atoms with Crippen molar-refractivity contribution in [2.24, 2.45) is 5.92 Å². The number of aromatic nitrogens is 1. The first-order valence-electron chi connectivity index (χ1n) is 6.47. The predicted octanol–water partition coefficient (Wildman–Crippen LogP) is 4.54. The fraction of sp³-hybridized carbons (Fsp3) is 0.769. The second-order valence-electron chi connectivity index (χ2n) is 4.58. The molecule has 0 aromatic carbocycles. The van der Waals surface area contributed by atoms with Crippen molar-refractivity contribution in [2.45, 2.75) is 51.0 Å². The smallest absolute Gasteiger partial charge is 0.122 e. The number of halogens is 1. The maximum atomic E-state index is 5.93. The molecule has 1 aliphatic rings. The minimum Gasteiger partial charge on any atom is -0.371 e. The van der Waals surface area contributed by atoms with Crippen molar-refractivity contribution in [2.75, 3.05) is 6.61 Å². The van der Waals surface area contributed by atoms with Gasteiger partial charge in [-0.1, -0.05) is 19.3 Å². The van der Waals surface area contributed by atoms with Crippen molar-refractivity contribution in [3.8, 4) is 0 Å². The molecule has 2 nitrogen and oxygen atoms in total. The summed E-state index contributed by atoms with van der Waals surface area (Å²) in [6, 6.07) is 0. The molecule has 0 N–H and O–H groups in total. The fourth-order valence-corrected chi connectivity index (χ4v) is 3.73. The van der Waals surface area contributed by atoms with Gasteiger partial charge in [0.15, 0.2) is 0 Å². The van der Waals surface area contributed by atoms with Crippen LogP contribution < -0.4 is 0 Å². The molecule has 0 aliphatic heterocycles. The third kappa shape index (κ3) is 3.43. The number of alkyl halides is 1. The van der Waals surface area contributed by atoms with Gasteiger partial charge in [0.05, 0.1) is 11.6 Å². The van der Waals surface area contributed by atoms with Crippen molar-refractivity contribution < 1.29 is 4.74 Å². The first-order chi connectivity index (χ1) is 8.35. The highest BCUT2D eigenvalue weighted by Crippen LogP contribution is 2.38. The number of ether oxygens (including phenoxy) is 1. The van der Waals surface area contributed by atoms with Crippen molar-refractivity contribution in [1.82, 2.24) is 4.98 Å². The quantitative estimate of drug-likeness (QED) is 0.735. The Morgan fingerprint density at radius 3 is 2.82 bits per heavy atom. The molecule has 1 aliphatic carbocycles. The van der Waals surface area contributed by atoms with Crippen LogP contribution in [-0.4, -0.2) is 11.6 Å². The fourth-order valence-electron chi connectivity index (χ4n) is 2.54. The van der Waals surface area contributed by atoms with Crippen molar-refractivity contribution in [3.05, 3.63) is 16.1 Å². The lowest BCUT2D eigenvalue weighted by Crippen LogP contribution is -2.19. The average molecular weight is 274 g/mol. The minimum atomic E-state index is 0.197. The predicted molar refractivity (Wildman–Crippen MR) is 72.6 cm³/mol. The molecule has 96 valence electrons. The third-order valence-corrected chi connectivity index (χ3v) is 4.60. The van der Waals surface area contributed by atoms with E-state index in [-0.39, 0.29) is 6.10 Å². The summed E-state index contributed by atoms with van der Waals surface area (Å²) in [5.74, 6) is 1.15. The van der Waals surface area contributed by atoms with E-state index in [9.17, 15) is 0 Å². The van der Waals surface area contributed by atoms with Gasteiger partial charge in [-0.2, -0.15) is 0 Å². The average Bonchev–Trinajstić information content (AvgIpc) is 2.85. The van der Waals surface area contributed by atoms with Crippen LogP contribution in [0.2, 0.25) is 0 Å². The lowest BCUT2D eigenvalue weighted by Gasteiger charge is -2.28. The number of hydrogen-bond acceptors (Lipinski definition) is 3. The summed E-state index contributed by atoms with van der Waals surface area (Å²) >= 11 is 7.51. The molecule has 0 radical (unpaired) electrons. The summed E-state index contributed by atoms with van der Waals surface area (Å²) < 4.78 is 5.93. The third-order valence-electron chi connectivity index (χ3n) is 3.37. The van der Waals surface area contributed by atoms with E-state index in [0.717, 1.165) is 17.3 Å². The number of hydrogen-bond donors (Lipinski definition) is 0. The van der Waals surface area contributed by atoms with Crippen molar-refractivity contribution >= 4 is 22.9 Å². The highest BCUT2D eigenvalue weighted by molar-refractivity contribution is 7.09. The van der Waals surface area contributed by atoms with Crippen LogP contribution in [0.15, 0.2) is 5.38 Å². The Kier molecular flexibility index (Phi) is 5.26. The van der Waals surface area contributed by atoms with E-state index >= 15 is 0 Å². The van der Waals surface area contributed by atoms with Crippen LogP contribution >= 0.6 is 22.9 Å². The van der Waals surface area contributed by atoms with Crippen LogP contribution in [0.25, 0.3) is 0 Å². The van der Waals surface area contributed by atoms with E-state index in [1.807, 2.05) is 0 Å². The van der Waals surface area contributed by atoms with Gasteiger partial charge in [-0.25, -0.2) is 4.98 Å². The first kappa shape index (κ1) is 13.3. The number of rotatable bonds is 5. The van der Waals surface area contributed by atoms with E-state index < -0.39 is 0 Å². The molecule has 1 heterocycles. The van der Waals surface area contributed by atoms with E-state index in [2.05, 4.69) is 17.3 Å². The number of nitrogens with zero attached hydrogens (tertiary/aromatic N) is 1. The van der Waals surface area contributed by atoms with Crippen LogP contribution in [0, 0.1) is 5.92 Å². The van der Waals surface area contributed by atoms with Crippen LogP contribution in [-0.2, 0) is 10.6 Å². The van der Waals surface area contributed by atoms with Crippen LogP contribution in [0.5, 0.6) is 0 Å². The lowest BCUT2D eigenvalue weighted by atomic mass is 9.85. The van der Waals surface area contributed by atoms with E-state index in [4.69, 9.17) is 16.3 Å². The summed E-state index contributed by atoms with van der Waals surface area (Å²) in [6.07, 6.45) is 6.80. The molecule has 1 saturated carbocycles. The molecule has 0 amide bonds. The molecule has 4 heteroatoms. The Morgan fingerprint density at radius 1 is 1.47 bits per heavy atom. The molecule has 2 rings (SSSR count). The van der Waals surface area contributed by atoms with Gasteiger partial charge in [-0.05, 0) is 25.7 Å². The summed E-state index contributed by atoms with van der Waals surface area (Å²) in [6.45, 7) is 2.82. The van der Waals surface area contributed by atoms with Gasteiger partial charge in [0.25, 0.3) is 0 Å². The molecule has 1 fully saturated rings. The second kappa shape index (κ2) is 6.72. The summed E-state index contributed by atoms with van der Waals surface area (Å²) in [5.41, 5.74) is 0.979. The highest BCUT2D eigenvalue weighted by Gasteiger charge is 2.27. The number of thiazole rings is 1. The molecule has 1 unspecified atom stereocenters. The normalized spacial score (nSPS) is 19.4. The Hall–Kier alpha value is -0.120. The van der Waals surface area contributed by atoms with Crippen molar-refractivity contribution in [1.29, 1.82) is 0 Å². The monoisotopic (exact) mass is 273 g/mol. The van der Waals surface area contributed by atoms with Gasteiger partial charge in [0, 0.05) is 12.0 Å². The zero-order chi connectivity index (χ0) is 12.1. The maximum Gasteiger partial charge on any atom is 0.122 e. The molecule has 0 saturated heterocycles. The van der Waals surface area contributed by atoms with Gasteiger partial charge in [-0.15, -0.1) is 22.9 Å². The zero-order valence-electron chi connectivity index (χ0n) is 10.3. The molecule has 0 bridgehead atoms. The van der Waals surface area contributed by atoms with Gasteiger partial charge >= 0.3 is 0 Å². The molecular weight excluding hydrogens is 254 g/mol. The maximum absolute atomic E-state index is 5.93. The Balaban J connectivity index is 2.09. The topological polar surface area (TPSA) is 22.1 Å². The van der Waals surface area contributed by atoms with Crippen molar-refractivity contribution in [3.63, 3.8) is 0 Å². The van der Waals surface area contributed by atoms with Crippen LogP contribution in [0.1, 0.15) is 55.8 Å². The van der Waals surface area contributed by atoms with Crippen LogP contribution in [0.4, 0.5) is 0 Å². The van der Waals surface area contributed by atoms with Gasteiger partial charge < -0.3 is 4.74 Å². The van der Waals surface area contributed by atoms with Crippen LogP contribution in [0.3, 0.4) is 0 Å². The summed E-state index contributed by atoms with van der Waals surface area (Å²) in [4.78, 5) is 4.58. The van der Waals surface area contributed by atoms with Gasteiger partial charge in [-0.3, -0.25) is 0 Å². The Morgan fingerprint density at radius 2 is 2.24 bits per heavy atom. The van der Waals surface area contributed by atoms with Gasteiger partial charge in [0.2, 0.25) is 0 Å². The van der Waals surface area contributed by atoms with E-state index in [0.29, 0.717) is 11.8 Å². The summed E-state index contributed by atoms with van der Waals surface area (Å²) in [5, 5.41) is 3.17. The summed E-state index contributed by atoms with van der Waals surface area (Å²) in [7, 11) is 0. The SMILES string of the molecule is CCOC(c1nc(CCl)cs1)C1CCCCC1. The Labute approximate surface area is 112 Å². The molecule has 1 atom stereocenters. The van der Waals surface area contributed by atoms with E-state index in [1.54, 1.807) is 11.3 Å². The molecule has 0 spiro atoms. The molecule has 1 aromatic heterocycles. The molecule has 1 aromatic rings. The second-order valence-corrected chi connectivity index (χ2v) is 5.74.